The van der Waals surface area contributed by atoms with Crippen molar-refractivity contribution in [1.29, 1.82) is 0 Å². The van der Waals surface area contributed by atoms with Crippen molar-refractivity contribution in [3.63, 3.8) is 0 Å². The lowest BCUT2D eigenvalue weighted by Crippen LogP contribution is -2.59. The van der Waals surface area contributed by atoms with Gasteiger partial charge >= 0.3 is 0 Å². The topological polar surface area (TPSA) is 82.6 Å². The highest BCUT2D eigenvalue weighted by Crippen LogP contribution is 2.38. The largest absolute Gasteiger partial charge is 0.360 e. The fourth-order valence-corrected chi connectivity index (χ4v) is 5.02. The molecule has 12 heteroatoms. The smallest absolute Gasteiger partial charge is 0.283 e. The minimum atomic E-state index is -3.06. The number of hydrogen-bond acceptors (Lipinski definition) is 7. The first-order chi connectivity index (χ1) is 18.2. The standard InChI is InChI=1S/C23H28F4N6O2.C3H6/c1-3-12-7-28-22(33-8-13(9-33)19(24)25)31-20(12)30-14-4-5-16-15(6-14)17-18(21(34)32(16)2)35-11-23(26,27)10-29-17;1-2-3-1/h4-5,7,13,15,17-19,29H,3,6,8-11H2,1-2H3,(H,28,30,31);1-3H2. The first-order valence-corrected chi connectivity index (χ1v) is 13.2. The van der Waals surface area contributed by atoms with E-state index in [2.05, 4.69) is 20.6 Å². The van der Waals surface area contributed by atoms with Crippen molar-refractivity contribution in [2.45, 2.75) is 63.5 Å². The van der Waals surface area contributed by atoms with Crippen LogP contribution in [0.15, 0.2) is 29.7 Å². The van der Waals surface area contributed by atoms with Crippen LogP contribution in [0.25, 0.3) is 0 Å². The molecule has 0 aromatic carbocycles. The molecular weight excluding hydrogens is 504 g/mol. The van der Waals surface area contributed by atoms with Crippen molar-refractivity contribution in [2.24, 2.45) is 11.8 Å². The van der Waals surface area contributed by atoms with Gasteiger partial charge in [-0.2, -0.15) is 4.98 Å². The van der Waals surface area contributed by atoms with E-state index >= 15 is 0 Å². The number of likely N-dealkylation sites (N-methyl/N-ethyl adjacent to an activating group) is 1. The Balaban J connectivity index is 0.000000916. The highest BCUT2D eigenvalue weighted by Gasteiger charge is 2.50. The van der Waals surface area contributed by atoms with Crippen LogP contribution < -0.4 is 15.5 Å². The van der Waals surface area contributed by atoms with E-state index in [0.717, 1.165) is 17.0 Å². The number of hydrogen-bond donors (Lipinski definition) is 2. The monoisotopic (exact) mass is 538 g/mol. The molecular formula is C26H34F4N6O2. The van der Waals surface area contributed by atoms with Crippen molar-refractivity contribution < 1.29 is 27.1 Å². The van der Waals surface area contributed by atoms with E-state index in [-0.39, 0.29) is 24.9 Å². The number of aryl methyl sites for hydroxylation is 1. The summed E-state index contributed by atoms with van der Waals surface area (Å²) in [6.45, 7) is 1.01. The molecule has 0 bridgehead atoms. The molecule has 8 nitrogen and oxygen atoms in total. The fraction of sp³-hybridized carbons (Fsp3) is 0.654. The van der Waals surface area contributed by atoms with Gasteiger partial charge in [-0.25, -0.2) is 22.5 Å². The third-order valence-corrected chi connectivity index (χ3v) is 7.48. The Morgan fingerprint density at radius 1 is 1.24 bits per heavy atom. The Bertz CT molecular complexity index is 1100. The van der Waals surface area contributed by atoms with Crippen LogP contribution in [0.3, 0.4) is 0 Å². The van der Waals surface area contributed by atoms with Crippen LogP contribution in [0.2, 0.25) is 0 Å². The van der Waals surface area contributed by atoms with Gasteiger partial charge in [-0.05, 0) is 25.0 Å². The van der Waals surface area contributed by atoms with Gasteiger partial charge in [0.05, 0.1) is 18.5 Å². The summed E-state index contributed by atoms with van der Waals surface area (Å²) in [6.07, 6.45) is 7.60. The summed E-state index contributed by atoms with van der Waals surface area (Å²) in [5.41, 5.74) is 2.40. The van der Waals surface area contributed by atoms with E-state index in [1.807, 2.05) is 19.1 Å². The van der Waals surface area contributed by atoms with E-state index in [1.54, 1.807) is 18.1 Å². The zero-order valence-corrected chi connectivity index (χ0v) is 21.6. The molecule has 3 unspecified atom stereocenters. The van der Waals surface area contributed by atoms with Crippen molar-refractivity contribution in [3.05, 3.63) is 35.3 Å². The molecule has 208 valence electrons. The molecule has 4 heterocycles. The summed E-state index contributed by atoms with van der Waals surface area (Å²) in [5, 5.41) is 6.21. The van der Waals surface area contributed by atoms with Gasteiger partial charge in [-0.1, -0.05) is 26.2 Å². The number of aromatic nitrogens is 2. The van der Waals surface area contributed by atoms with Crippen molar-refractivity contribution in [2.75, 3.05) is 43.5 Å². The van der Waals surface area contributed by atoms with Gasteiger partial charge < -0.3 is 25.2 Å². The van der Waals surface area contributed by atoms with Gasteiger partial charge in [0.1, 0.15) is 12.4 Å². The molecule has 1 aromatic heterocycles. The summed E-state index contributed by atoms with van der Waals surface area (Å²) < 4.78 is 59.1. The maximum absolute atomic E-state index is 14.0. The molecule has 1 saturated carbocycles. The number of alkyl halides is 4. The predicted octanol–water partition coefficient (Wildman–Crippen LogP) is 3.57. The van der Waals surface area contributed by atoms with Crippen LogP contribution in [-0.4, -0.2) is 78.6 Å². The molecule has 4 fully saturated rings. The third-order valence-electron chi connectivity index (χ3n) is 7.48. The number of anilines is 2. The number of piperidine rings is 1. The third kappa shape index (κ3) is 5.66. The molecule has 6 rings (SSSR count). The van der Waals surface area contributed by atoms with Crippen molar-refractivity contribution in [1.82, 2.24) is 20.2 Å². The molecule has 1 aromatic rings. The van der Waals surface area contributed by atoms with Gasteiger partial charge in [0.15, 0.2) is 6.10 Å². The lowest BCUT2D eigenvalue weighted by atomic mass is 9.80. The highest BCUT2D eigenvalue weighted by molar-refractivity contribution is 5.85. The van der Waals surface area contributed by atoms with E-state index in [9.17, 15) is 22.4 Å². The summed E-state index contributed by atoms with van der Waals surface area (Å²) >= 11 is 0. The summed E-state index contributed by atoms with van der Waals surface area (Å²) in [6, 6.07) is -0.595. The maximum atomic E-state index is 14.0. The van der Waals surface area contributed by atoms with E-state index < -0.39 is 43.6 Å². The Kier molecular flexibility index (Phi) is 7.63. The number of fused-ring (bicyclic) bond motifs is 3. The molecule has 3 atom stereocenters. The highest BCUT2D eigenvalue weighted by atomic mass is 19.3. The quantitative estimate of drug-likeness (QED) is 0.555. The zero-order valence-electron chi connectivity index (χ0n) is 21.6. The minimum absolute atomic E-state index is 0.208. The fourth-order valence-electron chi connectivity index (χ4n) is 5.02. The Morgan fingerprint density at radius 3 is 2.63 bits per heavy atom. The van der Waals surface area contributed by atoms with Crippen LogP contribution in [0.4, 0.5) is 29.3 Å². The van der Waals surface area contributed by atoms with E-state index in [4.69, 9.17) is 4.74 Å². The number of nitrogens with one attached hydrogen (secondary N) is 2. The number of carbonyl (C=O) groups excluding carboxylic acids is 1. The molecule has 0 radical (unpaired) electrons. The normalized spacial score (nSPS) is 28.2. The molecule has 2 aliphatic carbocycles. The van der Waals surface area contributed by atoms with Gasteiger partial charge in [0, 0.05) is 49.2 Å². The second-order valence-electron chi connectivity index (χ2n) is 10.6. The summed E-state index contributed by atoms with van der Waals surface area (Å²) in [7, 11) is 1.63. The minimum Gasteiger partial charge on any atom is -0.360 e. The van der Waals surface area contributed by atoms with Crippen LogP contribution in [-0.2, 0) is 16.0 Å². The lowest BCUT2D eigenvalue weighted by molar-refractivity contribution is -0.152. The Hall–Kier alpha value is -2.73. The first-order valence-electron chi connectivity index (χ1n) is 13.2. The second kappa shape index (κ2) is 10.8. The van der Waals surface area contributed by atoms with Gasteiger partial charge in [0.2, 0.25) is 12.4 Å². The van der Waals surface area contributed by atoms with Gasteiger partial charge in [-0.15, -0.1) is 0 Å². The second-order valence-corrected chi connectivity index (χ2v) is 10.6. The molecule has 0 spiro atoms. The predicted molar refractivity (Wildman–Crippen MR) is 134 cm³/mol. The average molecular weight is 539 g/mol. The number of amides is 1. The Labute approximate surface area is 219 Å². The lowest BCUT2D eigenvalue weighted by Gasteiger charge is -2.44. The number of halogens is 4. The number of nitrogens with zero attached hydrogens (tertiary/aromatic N) is 4. The number of rotatable bonds is 5. The van der Waals surface area contributed by atoms with Crippen LogP contribution in [0.1, 0.15) is 38.2 Å². The number of ether oxygens (including phenoxy) is 1. The Morgan fingerprint density at radius 2 is 1.97 bits per heavy atom. The van der Waals surface area contributed by atoms with E-state index in [0.29, 0.717) is 24.6 Å². The van der Waals surface area contributed by atoms with Crippen LogP contribution in [0, 0.1) is 11.8 Å². The first kappa shape index (κ1) is 26.9. The van der Waals surface area contributed by atoms with Crippen molar-refractivity contribution >= 4 is 17.7 Å². The average Bonchev–Trinajstić information content (AvgIpc) is 3.73. The number of allylic oxidation sites excluding steroid dienone is 3. The molecule has 2 N–H and O–H groups in total. The van der Waals surface area contributed by atoms with Crippen LogP contribution in [0.5, 0.6) is 0 Å². The molecule has 5 aliphatic rings. The van der Waals surface area contributed by atoms with Gasteiger partial charge in [-0.3, -0.25) is 4.79 Å². The van der Waals surface area contributed by atoms with Crippen LogP contribution >= 0.6 is 0 Å². The molecule has 1 amide bonds. The number of likely N-dealkylation sites (tertiary alicyclic amines) is 1. The SMILES string of the molecule is C1CC1.CCc1cnc(N2CC(C(F)F)C2)nc1NC1=CC=C2C(C1)C1NCC(F)(F)COC1C(=O)N2C. The molecule has 38 heavy (non-hydrogen) atoms. The molecule has 3 aliphatic heterocycles. The summed E-state index contributed by atoms with van der Waals surface area (Å²) in [5.74, 6) is -3.38. The number of carbonyl (C=O) groups is 1. The van der Waals surface area contributed by atoms with E-state index in [1.165, 1.54) is 24.2 Å². The summed E-state index contributed by atoms with van der Waals surface area (Å²) in [4.78, 5) is 24.9. The zero-order chi connectivity index (χ0) is 27.0. The van der Waals surface area contributed by atoms with Crippen molar-refractivity contribution in [3.8, 4) is 0 Å². The van der Waals surface area contributed by atoms with Gasteiger partial charge in [0.25, 0.3) is 11.8 Å². The maximum Gasteiger partial charge on any atom is 0.283 e. The molecule has 3 saturated heterocycles.